The van der Waals surface area contributed by atoms with Crippen molar-refractivity contribution < 1.29 is 13.2 Å². The molecule has 1 atom stereocenters. The van der Waals surface area contributed by atoms with Crippen LogP contribution < -0.4 is 0 Å². The Morgan fingerprint density at radius 2 is 1.73 bits per heavy atom. The van der Waals surface area contributed by atoms with Gasteiger partial charge in [-0.1, -0.05) is 31.5 Å². The summed E-state index contributed by atoms with van der Waals surface area (Å²) in [6, 6.07) is 0. The Kier molecular flexibility index (Phi) is 3.75. The number of halogens is 4. The molecule has 0 saturated heterocycles. The third-order valence-corrected chi connectivity index (χ3v) is 3.49. The summed E-state index contributed by atoms with van der Waals surface area (Å²) < 4.78 is 37.8. The molecule has 1 aliphatic rings. The zero-order valence-electron chi connectivity index (χ0n) is 8.87. The lowest BCUT2D eigenvalue weighted by atomic mass is 9.91. The van der Waals surface area contributed by atoms with Crippen LogP contribution >= 0.6 is 11.6 Å². The molecular weight excluding hydrogens is 225 g/mol. The molecule has 0 spiro atoms. The molecule has 15 heavy (non-hydrogen) atoms. The minimum absolute atomic E-state index is 0.00875. The van der Waals surface area contributed by atoms with Gasteiger partial charge in [-0.2, -0.15) is 0 Å². The molecule has 0 N–H and O–H groups in total. The Morgan fingerprint density at radius 3 is 2.00 bits per heavy atom. The molecule has 0 amide bonds. The number of allylic oxidation sites excluding steroid dienone is 2. The van der Waals surface area contributed by atoms with Crippen molar-refractivity contribution in [2.45, 2.75) is 13.8 Å². The van der Waals surface area contributed by atoms with Crippen molar-refractivity contribution in [3.05, 3.63) is 17.5 Å². The zero-order valence-corrected chi connectivity index (χ0v) is 9.62. The summed E-state index contributed by atoms with van der Waals surface area (Å²) in [5.74, 6) is 0.0917. The van der Waals surface area contributed by atoms with Gasteiger partial charge in [-0.3, -0.25) is 0 Å². The van der Waals surface area contributed by atoms with E-state index in [4.69, 9.17) is 11.6 Å². The average molecular weight is 240 g/mol. The van der Waals surface area contributed by atoms with E-state index >= 15 is 0 Å². The maximum Gasteiger partial charge on any atom is 0.105 e. The van der Waals surface area contributed by atoms with Crippen LogP contribution in [0, 0.1) is 23.2 Å². The van der Waals surface area contributed by atoms with Crippen molar-refractivity contribution in [1.82, 2.24) is 0 Å². The Hall–Kier alpha value is -0.180. The van der Waals surface area contributed by atoms with Gasteiger partial charge >= 0.3 is 0 Å². The second-order valence-electron chi connectivity index (χ2n) is 4.71. The molecular formula is C11H15ClF3. The summed E-state index contributed by atoms with van der Waals surface area (Å²) in [5.41, 5.74) is -1.76. The number of hydrogen-bond donors (Lipinski definition) is 0. The van der Waals surface area contributed by atoms with Gasteiger partial charge in [-0.05, 0) is 17.8 Å². The molecule has 1 fully saturated rings. The van der Waals surface area contributed by atoms with Crippen LogP contribution in [0.1, 0.15) is 13.8 Å². The normalized spacial score (nSPS) is 25.5. The van der Waals surface area contributed by atoms with E-state index in [0.29, 0.717) is 0 Å². The molecule has 0 nitrogen and oxygen atoms in total. The fourth-order valence-corrected chi connectivity index (χ4v) is 1.60. The lowest BCUT2D eigenvalue weighted by Gasteiger charge is -2.23. The molecule has 1 saturated carbocycles. The summed E-state index contributed by atoms with van der Waals surface area (Å²) in [6.07, 6.45) is 3.55. The van der Waals surface area contributed by atoms with E-state index in [0.717, 1.165) is 0 Å². The molecule has 0 bridgehead atoms. The first-order valence-electron chi connectivity index (χ1n) is 4.83. The van der Waals surface area contributed by atoms with E-state index in [2.05, 4.69) is 0 Å². The van der Waals surface area contributed by atoms with Crippen molar-refractivity contribution in [1.29, 1.82) is 0 Å². The fraction of sp³-hybridized carbons (Fsp3) is 0.727. The Balaban J connectivity index is 2.77. The second kappa shape index (κ2) is 4.36. The van der Waals surface area contributed by atoms with Crippen molar-refractivity contribution >= 4 is 11.6 Å². The van der Waals surface area contributed by atoms with Gasteiger partial charge in [0.05, 0.1) is 5.41 Å². The van der Waals surface area contributed by atoms with E-state index in [1.807, 2.05) is 20.3 Å². The fourth-order valence-electron chi connectivity index (χ4n) is 1.31. The number of rotatable bonds is 5. The number of alkyl halides is 3. The van der Waals surface area contributed by atoms with Gasteiger partial charge in [-0.25, -0.2) is 13.2 Å². The molecule has 4 heteroatoms. The number of hydrogen-bond acceptors (Lipinski definition) is 0. The maximum absolute atomic E-state index is 12.6. The van der Waals surface area contributed by atoms with Crippen molar-refractivity contribution in [2.24, 2.45) is 16.7 Å². The summed E-state index contributed by atoms with van der Waals surface area (Å²) in [6.45, 7) is 0.647. The van der Waals surface area contributed by atoms with Crippen LogP contribution in [-0.2, 0) is 0 Å². The summed E-state index contributed by atoms with van der Waals surface area (Å²) >= 11 is 5.79. The Bertz CT molecular complexity index is 248. The highest BCUT2D eigenvalue weighted by Gasteiger charge is 2.46. The van der Waals surface area contributed by atoms with Crippen LogP contribution in [0.4, 0.5) is 13.2 Å². The van der Waals surface area contributed by atoms with Crippen molar-refractivity contribution in [3.8, 4) is 0 Å². The molecule has 1 rings (SSSR count). The van der Waals surface area contributed by atoms with Gasteiger partial charge in [0.15, 0.2) is 0 Å². The largest absolute Gasteiger partial charge is 0.250 e. The van der Waals surface area contributed by atoms with E-state index in [1.165, 1.54) is 0 Å². The first kappa shape index (κ1) is 12.9. The third-order valence-electron chi connectivity index (χ3n) is 2.96. The van der Waals surface area contributed by atoms with E-state index < -0.39 is 25.4 Å². The van der Waals surface area contributed by atoms with Crippen LogP contribution in [0.25, 0.3) is 0 Å². The van der Waals surface area contributed by atoms with Gasteiger partial charge in [0.2, 0.25) is 0 Å². The third kappa shape index (κ3) is 2.49. The highest BCUT2D eigenvalue weighted by molar-refractivity contribution is 6.30. The molecule has 0 aromatic rings. The lowest BCUT2D eigenvalue weighted by Crippen LogP contribution is -2.29. The predicted octanol–water partition coefficient (Wildman–Crippen LogP) is 3.86. The topological polar surface area (TPSA) is 0 Å². The van der Waals surface area contributed by atoms with Gasteiger partial charge in [0.1, 0.15) is 20.0 Å². The molecule has 1 aliphatic carbocycles. The molecule has 0 aromatic carbocycles. The smallest absolute Gasteiger partial charge is 0.105 e. The SMILES string of the molecule is CC1(C)[CH]C1C=C(Cl)C(CF)(CF)CF. The van der Waals surface area contributed by atoms with Crippen LogP contribution in [-0.4, -0.2) is 20.0 Å². The molecule has 0 aliphatic heterocycles. The lowest BCUT2D eigenvalue weighted by molar-refractivity contribution is 0.158. The van der Waals surface area contributed by atoms with E-state index in [9.17, 15) is 13.2 Å². The van der Waals surface area contributed by atoms with Crippen LogP contribution in [0.2, 0.25) is 0 Å². The highest BCUT2D eigenvalue weighted by atomic mass is 35.5. The monoisotopic (exact) mass is 239 g/mol. The average Bonchev–Trinajstić information content (AvgIpc) is 2.77. The molecule has 1 unspecified atom stereocenters. The van der Waals surface area contributed by atoms with Gasteiger partial charge < -0.3 is 0 Å². The molecule has 87 valence electrons. The van der Waals surface area contributed by atoms with Gasteiger partial charge in [0, 0.05) is 5.03 Å². The predicted molar refractivity (Wildman–Crippen MR) is 55.9 cm³/mol. The first-order valence-corrected chi connectivity index (χ1v) is 5.21. The van der Waals surface area contributed by atoms with Crippen molar-refractivity contribution in [2.75, 3.05) is 20.0 Å². The van der Waals surface area contributed by atoms with Gasteiger partial charge in [0.25, 0.3) is 0 Å². The zero-order chi connectivity index (χ0) is 11.7. The maximum atomic E-state index is 12.6. The summed E-state index contributed by atoms with van der Waals surface area (Å²) in [5, 5.41) is -0.0400. The van der Waals surface area contributed by atoms with Crippen LogP contribution in [0.3, 0.4) is 0 Å². The minimum Gasteiger partial charge on any atom is -0.250 e. The van der Waals surface area contributed by atoms with E-state index in [-0.39, 0.29) is 16.4 Å². The first-order chi connectivity index (χ1) is 6.91. The van der Waals surface area contributed by atoms with Crippen molar-refractivity contribution in [3.63, 3.8) is 0 Å². The Morgan fingerprint density at radius 1 is 1.33 bits per heavy atom. The van der Waals surface area contributed by atoms with Gasteiger partial charge in [-0.15, -0.1) is 0 Å². The summed E-state index contributed by atoms with van der Waals surface area (Å²) in [4.78, 5) is 0. The van der Waals surface area contributed by atoms with Crippen LogP contribution in [0.15, 0.2) is 11.1 Å². The molecule has 0 aromatic heterocycles. The molecule has 1 radical (unpaired) electrons. The highest BCUT2D eigenvalue weighted by Crippen LogP contribution is 2.53. The minimum atomic E-state index is -1.77. The Labute approximate surface area is 93.5 Å². The standard InChI is InChI=1S/C11H15ClF3/c1-10(2)4-8(10)3-9(12)11(5-13,6-14)7-15/h3-4,8H,5-7H2,1-2H3. The molecule has 0 heterocycles. The second-order valence-corrected chi connectivity index (χ2v) is 5.12. The summed E-state index contributed by atoms with van der Waals surface area (Å²) in [7, 11) is 0. The quantitative estimate of drug-likeness (QED) is 0.683. The van der Waals surface area contributed by atoms with Crippen LogP contribution in [0.5, 0.6) is 0 Å². The van der Waals surface area contributed by atoms with E-state index in [1.54, 1.807) is 6.08 Å².